The maximum atomic E-state index is 13.3. The number of rotatable bonds is 9. The van der Waals surface area contributed by atoms with Gasteiger partial charge >= 0.3 is 11.9 Å². The second-order valence-corrected chi connectivity index (χ2v) is 7.47. The molecule has 2 aromatic carbocycles. The summed E-state index contributed by atoms with van der Waals surface area (Å²) in [5, 5.41) is 0. The third-order valence-electron chi connectivity index (χ3n) is 5.73. The highest BCUT2D eigenvalue weighted by atomic mass is 16.5. The lowest BCUT2D eigenvalue weighted by atomic mass is 9.71. The molecule has 1 aliphatic rings. The molecule has 0 saturated carbocycles. The van der Waals surface area contributed by atoms with Gasteiger partial charge in [0.05, 0.1) is 47.2 Å². The molecular formula is C26H30O8. The normalized spacial score (nSPS) is 16.6. The highest BCUT2D eigenvalue weighted by Gasteiger charge is 2.44. The summed E-state index contributed by atoms with van der Waals surface area (Å²) < 4.78 is 32.9. The van der Waals surface area contributed by atoms with Gasteiger partial charge in [-0.25, -0.2) is 4.79 Å². The molecule has 0 unspecified atom stereocenters. The first kappa shape index (κ1) is 25.0. The minimum atomic E-state index is -0.981. The van der Waals surface area contributed by atoms with E-state index in [1.807, 2.05) is 12.1 Å². The molecule has 8 nitrogen and oxygen atoms in total. The molecular weight excluding hydrogens is 440 g/mol. The molecule has 0 amide bonds. The van der Waals surface area contributed by atoms with Crippen LogP contribution in [0, 0.1) is 5.92 Å². The number of hydrogen-bond acceptors (Lipinski definition) is 8. The van der Waals surface area contributed by atoms with Crippen molar-refractivity contribution in [3.8, 4) is 23.0 Å². The van der Waals surface area contributed by atoms with E-state index in [4.69, 9.17) is 28.4 Å². The van der Waals surface area contributed by atoms with E-state index in [9.17, 15) is 9.59 Å². The van der Waals surface area contributed by atoms with Crippen LogP contribution in [0.5, 0.6) is 23.0 Å². The Bertz CT molecular complexity index is 1090. The zero-order valence-corrected chi connectivity index (χ0v) is 20.3. The lowest BCUT2D eigenvalue weighted by Crippen LogP contribution is -2.34. The summed E-state index contributed by atoms with van der Waals surface area (Å²) in [5.74, 6) is -0.641. The van der Waals surface area contributed by atoms with Crippen molar-refractivity contribution in [2.75, 3.05) is 41.7 Å². The standard InChI is InChI=1S/C26H30O8/c1-7-33-25(27)20-14-18-19(11-16(30-4)13-22(18)32-6)23(24(20)26(28)34-8-2)17-10-9-15(29-3)12-21(17)31-5/h9-14,23-24H,7-8H2,1-6H3/t23-,24-/m1/s1. The number of carbonyl (C=O) groups is 2. The smallest absolute Gasteiger partial charge is 0.334 e. The first-order valence-corrected chi connectivity index (χ1v) is 11.0. The first-order valence-electron chi connectivity index (χ1n) is 11.0. The van der Waals surface area contributed by atoms with Crippen molar-refractivity contribution in [3.05, 3.63) is 52.6 Å². The molecule has 0 fully saturated rings. The van der Waals surface area contributed by atoms with Crippen LogP contribution < -0.4 is 18.9 Å². The van der Waals surface area contributed by atoms with Gasteiger partial charge in [-0.15, -0.1) is 0 Å². The van der Waals surface area contributed by atoms with Crippen molar-refractivity contribution in [1.29, 1.82) is 0 Å². The Morgan fingerprint density at radius 1 is 0.765 bits per heavy atom. The Morgan fingerprint density at radius 3 is 2.00 bits per heavy atom. The van der Waals surface area contributed by atoms with E-state index in [1.165, 1.54) is 14.2 Å². The Balaban J connectivity index is 2.39. The van der Waals surface area contributed by atoms with E-state index in [0.29, 0.717) is 34.1 Å². The van der Waals surface area contributed by atoms with Crippen molar-refractivity contribution in [3.63, 3.8) is 0 Å². The van der Waals surface area contributed by atoms with Gasteiger partial charge < -0.3 is 28.4 Å². The molecule has 0 radical (unpaired) electrons. The van der Waals surface area contributed by atoms with Crippen LogP contribution in [0.2, 0.25) is 0 Å². The monoisotopic (exact) mass is 470 g/mol. The van der Waals surface area contributed by atoms with Crippen LogP contribution in [0.1, 0.15) is 36.5 Å². The maximum Gasteiger partial charge on any atom is 0.334 e. The van der Waals surface area contributed by atoms with E-state index in [1.54, 1.807) is 52.3 Å². The number of hydrogen-bond donors (Lipinski definition) is 0. The summed E-state index contributed by atoms with van der Waals surface area (Å²) in [5.41, 5.74) is 2.23. The molecule has 0 aliphatic heterocycles. The first-order chi connectivity index (χ1) is 16.4. The lowest BCUT2D eigenvalue weighted by Gasteiger charge is -2.34. The molecule has 3 rings (SSSR count). The Hall–Kier alpha value is -3.68. The zero-order valence-electron chi connectivity index (χ0n) is 20.3. The fraction of sp³-hybridized carbons (Fsp3) is 0.385. The minimum Gasteiger partial charge on any atom is -0.497 e. The van der Waals surface area contributed by atoms with Crippen LogP contribution in [-0.4, -0.2) is 53.6 Å². The van der Waals surface area contributed by atoms with E-state index < -0.39 is 23.8 Å². The zero-order chi connectivity index (χ0) is 24.8. The third kappa shape index (κ3) is 4.66. The number of benzene rings is 2. The van der Waals surface area contributed by atoms with Gasteiger partial charge in [0.1, 0.15) is 28.9 Å². The number of esters is 2. The number of ether oxygens (including phenoxy) is 6. The van der Waals surface area contributed by atoms with E-state index in [-0.39, 0.29) is 18.8 Å². The maximum absolute atomic E-state index is 13.3. The van der Waals surface area contributed by atoms with Crippen LogP contribution in [-0.2, 0) is 19.1 Å². The van der Waals surface area contributed by atoms with Gasteiger partial charge in [0, 0.05) is 29.2 Å². The second kappa shape index (κ2) is 11.0. The van der Waals surface area contributed by atoms with Crippen LogP contribution >= 0.6 is 0 Å². The fourth-order valence-corrected chi connectivity index (χ4v) is 4.24. The molecule has 0 spiro atoms. The van der Waals surface area contributed by atoms with Crippen molar-refractivity contribution >= 4 is 18.0 Å². The molecule has 8 heteroatoms. The lowest BCUT2D eigenvalue weighted by molar-refractivity contribution is -0.150. The molecule has 0 N–H and O–H groups in total. The topological polar surface area (TPSA) is 89.5 Å². The van der Waals surface area contributed by atoms with Gasteiger partial charge in [-0.2, -0.15) is 0 Å². The minimum absolute atomic E-state index is 0.159. The summed E-state index contributed by atoms with van der Waals surface area (Å²) >= 11 is 0. The van der Waals surface area contributed by atoms with Gasteiger partial charge in [-0.1, -0.05) is 6.07 Å². The number of carbonyl (C=O) groups excluding carboxylic acids is 2. The Morgan fingerprint density at radius 2 is 1.41 bits per heavy atom. The van der Waals surface area contributed by atoms with Crippen molar-refractivity contribution in [2.45, 2.75) is 19.8 Å². The molecule has 1 aliphatic carbocycles. The quantitative estimate of drug-likeness (QED) is 0.508. The largest absolute Gasteiger partial charge is 0.497 e. The molecule has 182 valence electrons. The van der Waals surface area contributed by atoms with Crippen LogP contribution in [0.25, 0.3) is 6.08 Å². The second-order valence-electron chi connectivity index (χ2n) is 7.47. The van der Waals surface area contributed by atoms with E-state index in [2.05, 4.69) is 0 Å². The van der Waals surface area contributed by atoms with Gasteiger partial charge in [0.2, 0.25) is 0 Å². The summed E-state index contributed by atoms with van der Waals surface area (Å²) in [7, 11) is 6.18. The van der Waals surface area contributed by atoms with Gasteiger partial charge in [0.25, 0.3) is 0 Å². The van der Waals surface area contributed by atoms with Gasteiger partial charge in [0.15, 0.2) is 0 Å². The summed E-state index contributed by atoms with van der Waals surface area (Å²) in [6.07, 6.45) is 1.64. The average Bonchev–Trinajstić information content (AvgIpc) is 2.86. The third-order valence-corrected chi connectivity index (χ3v) is 5.73. The average molecular weight is 471 g/mol. The number of fused-ring (bicyclic) bond motifs is 1. The van der Waals surface area contributed by atoms with Crippen LogP contribution in [0.15, 0.2) is 35.9 Å². The molecule has 0 saturated heterocycles. The predicted octanol–water partition coefficient (Wildman–Crippen LogP) is 3.99. The fourth-order valence-electron chi connectivity index (χ4n) is 4.24. The summed E-state index contributed by atoms with van der Waals surface area (Å²) in [6.45, 7) is 3.75. The Labute approximate surface area is 199 Å². The summed E-state index contributed by atoms with van der Waals surface area (Å²) in [6, 6.07) is 8.89. The molecule has 2 atom stereocenters. The Kier molecular flexibility index (Phi) is 8.04. The van der Waals surface area contributed by atoms with Gasteiger partial charge in [-0.05, 0) is 37.6 Å². The van der Waals surface area contributed by atoms with Crippen molar-refractivity contribution < 1.29 is 38.0 Å². The van der Waals surface area contributed by atoms with Crippen molar-refractivity contribution in [2.24, 2.45) is 5.92 Å². The van der Waals surface area contributed by atoms with E-state index in [0.717, 1.165) is 5.56 Å². The highest BCUT2D eigenvalue weighted by molar-refractivity contribution is 6.02. The molecule has 0 heterocycles. The molecule has 0 aromatic heterocycles. The van der Waals surface area contributed by atoms with Crippen LogP contribution in [0.4, 0.5) is 0 Å². The molecule has 34 heavy (non-hydrogen) atoms. The van der Waals surface area contributed by atoms with Crippen LogP contribution in [0.3, 0.4) is 0 Å². The number of methoxy groups -OCH3 is 4. The molecule has 0 bridgehead atoms. The van der Waals surface area contributed by atoms with Gasteiger partial charge in [-0.3, -0.25) is 4.79 Å². The summed E-state index contributed by atoms with van der Waals surface area (Å²) in [4.78, 5) is 26.4. The highest BCUT2D eigenvalue weighted by Crippen LogP contribution is 2.50. The SMILES string of the molecule is CCOC(=O)C1=Cc2c(OC)cc(OC)cc2[C@@H](c2ccc(OC)cc2OC)[C@@H]1C(=O)OCC. The predicted molar refractivity (Wildman–Crippen MR) is 126 cm³/mol. The van der Waals surface area contributed by atoms with Crippen molar-refractivity contribution in [1.82, 2.24) is 0 Å². The molecule has 2 aromatic rings. The van der Waals surface area contributed by atoms with E-state index >= 15 is 0 Å².